The summed E-state index contributed by atoms with van der Waals surface area (Å²) in [5.41, 5.74) is 10.5. The predicted molar refractivity (Wildman–Crippen MR) is 113 cm³/mol. The highest BCUT2D eigenvalue weighted by Gasteiger charge is 2.10. The van der Waals surface area contributed by atoms with Crippen LogP contribution >= 0.6 is 0 Å². The Kier molecular flexibility index (Phi) is 4.58. The maximum atomic E-state index is 2.36. The van der Waals surface area contributed by atoms with Gasteiger partial charge in [0.05, 0.1) is 0 Å². The number of hydrogen-bond acceptors (Lipinski definition) is 0. The molecule has 0 aliphatic heterocycles. The highest BCUT2D eigenvalue weighted by molar-refractivity contribution is 5.82. The van der Waals surface area contributed by atoms with E-state index in [1.807, 2.05) is 0 Å². The summed E-state index contributed by atoms with van der Waals surface area (Å²) in [5.74, 6) is 0. The standard InChI is InChI=1S/C26H24/c1-19-13-15-23(21-9-5-3-6-10-21)17-25(19)26-18-24(16-14-20(26)2)22-11-7-4-8-12-22/h3,5-7,9-18H,4,8H2,1-2H3. The molecule has 0 saturated carbocycles. The lowest BCUT2D eigenvalue weighted by molar-refractivity contribution is 1.04. The Morgan fingerprint density at radius 1 is 0.615 bits per heavy atom. The molecule has 0 saturated heterocycles. The molecule has 0 bridgehead atoms. The summed E-state index contributed by atoms with van der Waals surface area (Å²) in [6.07, 6.45) is 9.17. The summed E-state index contributed by atoms with van der Waals surface area (Å²) >= 11 is 0. The first-order valence-electron chi connectivity index (χ1n) is 9.36. The van der Waals surface area contributed by atoms with Crippen LogP contribution in [0.15, 0.2) is 85.0 Å². The third-order valence-electron chi connectivity index (χ3n) is 5.20. The van der Waals surface area contributed by atoms with Crippen LogP contribution in [-0.4, -0.2) is 0 Å². The van der Waals surface area contributed by atoms with Gasteiger partial charge in [0.25, 0.3) is 0 Å². The average Bonchev–Trinajstić information content (AvgIpc) is 2.70. The summed E-state index contributed by atoms with van der Waals surface area (Å²) in [4.78, 5) is 0. The molecule has 0 N–H and O–H groups in total. The van der Waals surface area contributed by atoms with Gasteiger partial charge in [-0.25, -0.2) is 0 Å². The zero-order chi connectivity index (χ0) is 17.9. The fraction of sp³-hybridized carbons (Fsp3) is 0.154. The topological polar surface area (TPSA) is 0 Å². The summed E-state index contributed by atoms with van der Waals surface area (Å²) < 4.78 is 0. The van der Waals surface area contributed by atoms with E-state index in [1.165, 1.54) is 44.5 Å². The molecular formula is C26H24. The van der Waals surface area contributed by atoms with Crippen LogP contribution in [0.2, 0.25) is 0 Å². The molecule has 0 spiro atoms. The van der Waals surface area contributed by atoms with E-state index in [2.05, 4.69) is 98.8 Å². The van der Waals surface area contributed by atoms with E-state index in [-0.39, 0.29) is 0 Å². The Bertz CT molecular complexity index is 988. The van der Waals surface area contributed by atoms with Gasteiger partial charge in [0.15, 0.2) is 0 Å². The Morgan fingerprint density at radius 2 is 1.27 bits per heavy atom. The van der Waals surface area contributed by atoms with E-state index in [1.54, 1.807) is 0 Å². The maximum Gasteiger partial charge on any atom is -0.0146 e. The van der Waals surface area contributed by atoms with E-state index in [4.69, 9.17) is 0 Å². The molecule has 0 fully saturated rings. The monoisotopic (exact) mass is 336 g/mol. The van der Waals surface area contributed by atoms with Gasteiger partial charge >= 0.3 is 0 Å². The molecule has 0 radical (unpaired) electrons. The molecule has 0 heteroatoms. The van der Waals surface area contributed by atoms with E-state index < -0.39 is 0 Å². The highest BCUT2D eigenvalue weighted by atomic mass is 14.1. The second kappa shape index (κ2) is 7.17. The Morgan fingerprint density at radius 3 is 1.92 bits per heavy atom. The van der Waals surface area contributed by atoms with Gasteiger partial charge in [0.1, 0.15) is 0 Å². The van der Waals surface area contributed by atoms with Crippen LogP contribution in [0.25, 0.3) is 27.8 Å². The first-order valence-corrected chi connectivity index (χ1v) is 9.36. The summed E-state index contributed by atoms with van der Waals surface area (Å²) in [6.45, 7) is 4.41. The molecule has 0 unspecified atom stereocenters. The van der Waals surface area contributed by atoms with Crippen LogP contribution in [0, 0.1) is 13.8 Å². The van der Waals surface area contributed by atoms with Gasteiger partial charge in [-0.1, -0.05) is 72.8 Å². The van der Waals surface area contributed by atoms with Gasteiger partial charge < -0.3 is 0 Å². The van der Waals surface area contributed by atoms with Gasteiger partial charge in [0, 0.05) is 0 Å². The van der Waals surface area contributed by atoms with Gasteiger partial charge in [-0.05, 0) is 83.3 Å². The van der Waals surface area contributed by atoms with E-state index in [0.29, 0.717) is 0 Å². The smallest absolute Gasteiger partial charge is 0.0146 e. The molecule has 3 aromatic rings. The molecule has 128 valence electrons. The first-order chi connectivity index (χ1) is 12.7. The molecule has 0 heterocycles. The number of allylic oxidation sites excluding steroid dienone is 4. The average molecular weight is 336 g/mol. The van der Waals surface area contributed by atoms with Gasteiger partial charge in [-0.3, -0.25) is 0 Å². The fourth-order valence-electron chi connectivity index (χ4n) is 3.64. The lowest BCUT2D eigenvalue weighted by atomic mass is 9.89. The van der Waals surface area contributed by atoms with Crippen molar-refractivity contribution in [2.75, 3.05) is 0 Å². The lowest BCUT2D eigenvalue weighted by Crippen LogP contribution is -1.92. The lowest BCUT2D eigenvalue weighted by Gasteiger charge is -2.15. The Balaban J connectivity index is 1.82. The Labute approximate surface area is 156 Å². The summed E-state index contributed by atoms with van der Waals surface area (Å²) in [7, 11) is 0. The molecule has 1 aliphatic rings. The molecule has 4 rings (SSSR count). The molecule has 3 aromatic carbocycles. The van der Waals surface area contributed by atoms with Crippen LogP contribution in [0.1, 0.15) is 29.5 Å². The minimum atomic E-state index is 1.14. The number of hydrogen-bond donors (Lipinski definition) is 0. The van der Waals surface area contributed by atoms with E-state index in [9.17, 15) is 0 Å². The zero-order valence-electron chi connectivity index (χ0n) is 15.5. The van der Waals surface area contributed by atoms with Crippen molar-refractivity contribution in [3.05, 3.63) is 102 Å². The molecule has 0 atom stereocenters. The van der Waals surface area contributed by atoms with Crippen LogP contribution in [0.3, 0.4) is 0 Å². The van der Waals surface area contributed by atoms with Crippen molar-refractivity contribution < 1.29 is 0 Å². The third kappa shape index (κ3) is 3.28. The van der Waals surface area contributed by atoms with Crippen LogP contribution in [0.5, 0.6) is 0 Å². The van der Waals surface area contributed by atoms with E-state index in [0.717, 1.165) is 12.8 Å². The van der Waals surface area contributed by atoms with Gasteiger partial charge in [0.2, 0.25) is 0 Å². The van der Waals surface area contributed by atoms with Crippen molar-refractivity contribution in [3.63, 3.8) is 0 Å². The molecule has 0 amide bonds. The van der Waals surface area contributed by atoms with Crippen molar-refractivity contribution >= 4 is 5.57 Å². The molecule has 26 heavy (non-hydrogen) atoms. The zero-order valence-corrected chi connectivity index (χ0v) is 15.5. The Hall–Kier alpha value is -2.86. The second-order valence-corrected chi connectivity index (χ2v) is 7.06. The molecule has 1 aliphatic carbocycles. The normalized spacial score (nSPS) is 13.5. The van der Waals surface area contributed by atoms with Crippen molar-refractivity contribution in [1.29, 1.82) is 0 Å². The SMILES string of the molecule is Cc1ccc(C2=CCCC=C2)cc1-c1cc(-c2ccccc2)ccc1C. The summed E-state index contributed by atoms with van der Waals surface area (Å²) in [6, 6.07) is 24.3. The number of benzene rings is 3. The predicted octanol–water partition coefficient (Wildman–Crippen LogP) is 7.37. The maximum absolute atomic E-state index is 2.36. The third-order valence-corrected chi connectivity index (χ3v) is 5.20. The van der Waals surface area contributed by atoms with Crippen LogP contribution in [0.4, 0.5) is 0 Å². The quantitative estimate of drug-likeness (QED) is 0.468. The molecular weight excluding hydrogens is 312 g/mol. The van der Waals surface area contributed by atoms with Gasteiger partial charge in [-0.2, -0.15) is 0 Å². The minimum absolute atomic E-state index is 1.14. The first kappa shape index (κ1) is 16.6. The van der Waals surface area contributed by atoms with Crippen LogP contribution in [-0.2, 0) is 0 Å². The molecule has 0 aromatic heterocycles. The minimum Gasteiger partial charge on any atom is -0.0836 e. The van der Waals surface area contributed by atoms with Crippen molar-refractivity contribution in [2.45, 2.75) is 26.7 Å². The van der Waals surface area contributed by atoms with Crippen molar-refractivity contribution in [2.24, 2.45) is 0 Å². The number of rotatable bonds is 3. The summed E-state index contributed by atoms with van der Waals surface area (Å²) in [5, 5.41) is 0. The van der Waals surface area contributed by atoms with Gasteiger partial charge in [-0.15, -0.1) is 0 Å². The second-order valence-electron chi connectivity index (χ2n) is 7.06. The largest absolute Gasteiger partial charge is 0.0836 e. The van der Waals surface area contributed by atoms with Crippen molar-refractivity contribution in [3.8, 4) is 22.3 Å². The van der Waals surface area contributed by atoms with Crippen molar-refractivity contribution in [1.82, 2.24) is 0 Å². The van der Waals surface area contributed by atoms with E-state index >= 15 is 0 Å². The fourth-order valence-corrected chi connectivity index (χ4v) is 3.64. The molecule has 0 nitrogen and oxygen atoms in total. The van der Waals surface area contributed by atoms with Crippen LogP contribution < -0.4 is 0 Å². The highest BCUT2D eigenvalue weighted by Crippen LogP contribution is 2.34. The number of aryl methyl sites for hydroxylation is 2.